The summed E-state index contributed by atoms with van der Waals surface area (Å²) in [5.41, 5.74) is 1.93. The van der Waals surface area contributed by atoms with Crippen LogP contribution in [0.3, 0.4) is 0 Å². The van der Waals surface area contributed by atoms with E-state index in [0.29, 0.717) is 13.0 Å². The van der Waals surface area contributed by atoms with Crippen LogP contribution in [0.5, 0.6) is 5.75 Å². The molecule has 0 radical (unpaired) electrons. The van der Waals surface area contributed by atoms with E-state index in [-0.39, 0.29) is 11.4 Å². The highest BCUT2D eigenvalue weighted by molar-refractivity contribution is 7.13. The van der Waals surface area contributed by atoms with E-state index < -0.39 is 0 Å². The second kappa shape index (κ2) is 7.18. The van der Waals surface area contributed by atoms with Crippen molar-refractivity contribution in [2.45, 2.75) is 57.4 Å². The van der Waals surface area contributed by atoms with Gasteiger partial charge in [-0.2, -0.15) is 0 Å². The van der Waals surface area contributed by atoms with Crippen LogP contribution in [0.25, 0.3) is 10.6 Å². The average Bonchev–Trinajstić information content (AvgIpc) is 3.09. The molecule has 0 saturated heterocycles. The van der Waals surface area contributed by atoms with E-state index in [1.54, 1.807) is 11.3 Å². The Morgan fingerprint density at radius 2 is 1.86 bits per heavy atom. The van der Waals surface area contributed by atoms with Crippen LogP contribution >= 0.6 is 11.3 Å². The smallest absolute Gasteiger partial charge is 0.226 e. The molecular formula is C23H28N2O2S. The van der Waals surface area contributed by atoms with Crippen molar-refractivity contribution in [2.24, 2.45) is 17.8 Å². The van der Waals surface area contributed by atoms with E-state index >= 15 is 0 Å². The summed E-state index contributed by atoms with van der Waals surface area (Å²) in [4.78, 5) is 17.6. The largest absolute Gasteiger partial charge is 0.493 e. The molecule has 0 atom stereocenters. The molecule has 0 aliphatic heterocycles. The maximum atomic E-state index is 12.8. The third-order valence-electron chi connectivity index (χ3n) is 6.75. The molecule has 2 aromatic rings. The number of amides is 1. The van der Waals surface area contributed by atoms with Crippen molar-refractivity contribution in [3.63, 3.8) is 0 Å². The van der Waals surface area contributed by atoms with Crippen molar-refractivity contribution in [1.29, 1.82) is 0 Å². The summed E-state index contributed by atoms with van der Waals surface area (Å²) in [5, 5.41) is 6.38. The van der Waals surface area contributed by atoms with Crippen molar-refractivity contribution in [3.8, 4) is 16.3 Å². The number of aromatic nitrogens is 1. The van der Waals surface area contributed by atoms with Gasteiger partial charge in [-0.15, -0.1) is 11.3 Å². The van der Waals surface area contributed by atoms with E-state index in [1.807, 2.05) is 36.6 Å². The van der Waals surface area contributed by atoms with Crippen molar-refractivity contribution in [3.05, 3.63) is 35.3 Å². The van der Waals surface area contributed by atoms with Gasteiger partial charge in [0.2, 0.25) is 5.91 Å². The molecule has 4 bridgehead atoms. The summed E-state index contributed by atoms with van der Waals surface area (Å²) in [6, 6.07) is 7.98. The lowest BCUT2D eigenvalue weighted by Gasteiger charge is -2.56. The molecule has 5 heteroatoms. The quantitative estimate of drug-likeness (QED) is 0.760. The molecule has 6 rings (SSSR count). The molecule has 28 heavy (non-hydrogen) atoms. The van der Waals surface area contributed by atoms with Crippen molar-refractivity contribution in [1.82, 2.24) is 10.3 Å². The zero-order valence-corrected chi connectivity index (χ0v) is 17.3. The number of nitrogens with one attached hydrogen (secondary N) is 1. The minimum absolute atomic E-state index is 0.0756. The molecule has 1 heterocycles. The van der Waals surface area contributed by atoms with E-state index in [2.05, 4.69) is 5.32 Å². The summed E-state index contributed by atoms with van der Waals surface area (Å²) in [6.45, 7) is 2.61. The molecule has 1 amide bonds. The van der Waals surface area contributed by atoms with Gasteiger partial charge in [-0.1, -0.05) is 12.1 Å². The first-order valence-electron chi connectivity index (χ1n) is 10.6. The predicted octanol–water partition coefficient (Wildman–Crippen LogP) is 4.84. The standard InChI is InChI=1S/C23H28N2O2S/c1-2-27-20-6-4-3-5-19(20)22-24-18(14-28-22)10-21(26)25-23-11-15-7-16(12-23)9-17(8-15)13-23/h3-6,14-17H,2,7-13H2,1H3,(H,25,26). The Bertz CT molecular complexity index is 840. The van der Waals surface area contributed by atoms with E-state index in [1.165, 1.54) is 38.5 Å². The Hall–Kier alpha value is -1.88. The molecule has 1 N–H and O–H groups in total. The highest BCUT2D eigenvalue weighted by atomic mass is 32.1. The zero-order valence-electron chi connectivity index (χ0n) is 16.4. The van der Waals surface area contributed by atoms with Crippen LogP contribution in [0.2, 0.25) is 0 Å². The van der Waals surface area contributed by atoms with Gasteiger partial charge in [-0.25, -0.2) is 4.98 Å². The Kier molecular flexibility index (Phi) is 4.66. The summed E-state index contributed by atoms with van der Waals surface area (Å²) in [7, 11) is 0. The van der Waals surface area contributed by atoms with Crippen molar-refractivity contribution < 1.29 is 9.53 Å². The Morgan fingerprint density at radius 3 is 2.54 bits per heavy atom. The fourth-order valence-corrected chi connectivity index (χ4v) is 7.05. The summed E-state index contributed by atoms with van der Waals surface area (Å²) in [6.07, 6.45) is 8.12. The molecule has 4 saturated carbocycles. The number of ether oxygens (including phenoxy) is 1. The number of carbonyl (C=O) groups is 1. The lowest BCUT2D eigenvalue weighted by Crippen LogP contribution is -2.60. The van der Waals surface area contributed by atoms with Crippen LogP contribution in [-0.2, 0) is 11.2 Å². The number of thiazole rings is 1. The molecule has 4 aliphatic rings. The number of carbonyl (C=O) groups excluding carboxylic acids is 1. The molecule has 1 aromatic heterocycles. The van der Waals surface area contributed by atoms with Crippen LogP contribution in [-0.4, -0.2) is 23.0 Å². The van der Waals surface area contributed by atoms with E-state index in [0.717, 1.165) is 39.8 Å². The lowest BCUT2D eigenvalue weighted by molar-refractivity contribution is -0.126. The molecule has 4 fully saturated rings. The normalized spacial score (nSPS) is 30.4. The minimum atomic E-state index is 0.0756. The molecule has 4 aliphatic carbocycles. The number of para-hydroxylation sites is 1. The SMILES string of the molecule is CCOc1ccccc1-c1nc(CC(=O)NC23CC4CC(CC(C4)C2)C3)cs1. The third-order valence-corrected chi connectivity index (χ3v) is 7.68. The van der Waals surface area contributed by atoms with Gasteiger partial charge in [0.25, 0.3) is 0 Å². The zero-order chi connectivity index (χ0) is 19.1. The second-order valence-corrected chi connectivity index (χ2v) is 9.85. The Labute approximate surface area is 170 Å². The summed E-state index contributed by atoms with van der Waals surface area (Å²) < 4.78 is 5.73. The maximum Gasteiger partial charge on any atom is 0.226 e. The Morgan fingerprint density at radius 1 is 1.18 bits per heavy atom. The fraction of sp³-hybridized carbons (Fsp3) is 0.565. The molecule has 148 valence electrons. The number of rotatable bonds is 6. The third kappa shape index (κ3) is 3.45. The van der Waals surface area contributed by atoms with Gasteiger partial charge < -0.3 is 10.1 Å². The van der Waals surface area contributed by atoms with Crippen molar-refractivity contribution in [2.75, 3.05) is 6.61 Å². The van der Waals surface area contributed by atoms with Crippen LogP contribution in [0.1, 0.15) is 51.1 Å². The summed E-state index contributed by atoms with van der Waals surface area (Å²) >= 11 is 1.58. The monoisotopic (exact) mass is 396 g/mol. The fourth-order valence-electron chi connectivity index (χ4n) is 6.20. The number of nitrogens with zero attached hydrogens (tertiary/aromatic N) is 1. The van der Waals surface area contributed by atoms with E-state index in [4.69, 9.17) is 9.72 Å². The molecule has 1 aromatic carbocycles. The van der Waals surface area contributed by atoms with Crippen molar-refractivity contribution >= 4 is 17.2 Å². The van der Waals surface area contributed by atoms with Gasteiger partial charge in [0, 0.05) is 10.9 Å². The number of benzene rings is 1. The molecule has 0 unspecified atom stereocenters. The van der Waals surface area contributed by atoms with Crippen LogP contribution < -0.4 is 10.1 Å². The molecular weight excluding hydrogens is 368 g/mol. The molecule has 0 spiro atoms. The first-order chi connectivity index (χ1) is 13.6. The predicted molar refractivity (Wildman–Crippen MR) is 111 cm³/mol. The molecule has 4 nitrogen and oxygen atoms in total. The van der Waals surface area contributed by atoms with Crippen LogP contribution in [0, 0.1) is 17.8 Å². The lowest BCUT2D eigenvalue weighted by atomic mass is 9.53. The highest BCUT2D eigenvalue weighted by Crippen LogP contribution is 2.55. The number of hydrogen-bond acceptors (Lipinski definition) is 4. The van der Waals surface area contributed by atoms with Gasteiger partial charge in [-0.05, 0) is 75.3 Å². The minimum Gasteiger partial charge on any atom is -0.493 e. The number of hydrogen-bond donors (Lipinski definition) is 1. The first kappa shape index (κ1) is 18.2. The van der Waals surface area contributed by atoms with Crippen LogP contribution in [0.15, 0.2) is 29.6 Å². The van der Waals surface area contributed by atoms with Gasteiger partial charge in [0.15, 0.2) is 0 Å². The summed E-state index contributed by atoms with van der Waals surface area (Å²) in [5.74, 6) is 3.51. The van der Waals surface area contributed by atoms with Crippen LogP contribution in [0.4, 0.5) is 0 Å². The maximum absolute atomic E-state index is 12.8. The average molecular weight is 397 g/mol. The van der Waals surface area contributed by atoms with Gasteiger partial charge in [0.1, 0.15) is 10.8 Å². The van der Waals surface area contributed by atoms with E-state index in [9.17, 15) is 4.79 Å². The Balaban J connectivity index is 1.27. The topological polar surface area (TPSA) is 51.2 Å². The van der Waals surface area contributed by atoms with Gasteiger partial charge >= 0.3 is 0 Å². The van der Waals surface area contributed by atoms with Gasteiger partial charge in [-0.3, -0.25) is 4.79 Å². The highest BCUT2D eigenvalue weighted by Gasteiger charge is 2.51. The first-order valence-corrected chi connectivity index (χ1v) is 11.5. The second-order valence-electron chi connectivity index (χ2n) is 9.00. The van der Waals surface area contributed by atoms with Gasteiger partial charge in [0.05, 0.1) is 24.3 Å².